The van der Waals surface area contributed by atoms with Crippen molar-refractivity contribution < 1.29 is 9.47 Å². The Morgan fingerprint density at radius 2 is 1.23 bits per heavy atom. The Morgan fingerprint density at radius 1 is 0.923 bits per heavy atom. The third kappa shape index (κ3) is 5.12. The summed E-state index contributed by atoms with van der Waals surface area (Å²) in [6.45, 7) is 15.3. The highest BCUT2D eigenvalue weighted by molar-refractivity contribution is 5.23. The largest absolute Gasteiger partial charge is 0.454 e. The topological polar surface area (TPSA) is 18.5 Å². The van der Waals surface area contributed by atoms with E-state index in [1.165, 1.54) is 0 Å². The molecule has 0 saturated carbocycles. The molecule has 0 aromatic rings. The van der Waals surface area contributed by atoms with Crippen molar-refractivity contribution >= 4 is 0 Å². The Kier molecular flexibility index (Phi) is 11.9. The van der Waals surface area contributed by atoms with Gasteiger partial charge in [0.15, 0.2) is 11.5 Å². The average molecular weight is 184 g/mol. The molecule has 76 valence electrons. The van der Waals surface area contributed by atoms with Crippen LogP contribution in [-0.4, -0.2) is 6.79 Å². The zero-order valence-corrected chi connectivity index (χ0v) is 9.09. The summed E-state index contributed by atoms with van der Waals surface area (Å²) in [5.41, 5.74) is 0. The van der Waals surface area contributed by atoms with Crippen LogP contribution in [0.1, 0.15) is 27.7 Å². The normalized spacial score (nSPS) is 12.3. The van der Waals surface area contributed by atoms with Crippen molar-refractivity contribution in [3.8, 4) is 0 Å². The monoisotopic (exact) mass is 184 g/mol. The minimum absolute atomic E-state index is 0.280. The molecule has 1 aliphatic rings. The van der Waals surface area contributed by atoms with Gasteiger partial charge < -0.3 is 9.47 Å². The molecule has 0 saturated heterocycles. The van der Waals surface area contributed by atoms with Crippen molar-refractivity contribution in [3.05, 3.63) is 36.8 Å². The van der Waals surface area contributed by atoms with Crippen LogP contribution in [0.2, 0.25) is 0 Å². The molecule has 1 rings (SSSR count). The van der Waals surface area contributed by atoms with E-state index in [1.54, 1.807) is 12.2 Å². The lowest BCUT2D eigenvalue weighted by atomic mass is 10.4. The molecule has 0 aromatic heterocycles. The second kappa shape index (κ2) is 10.8. The highest BCUT2D eigenvalue weighted by Crippen LogP contribution is 2.16. The molecule has 2 heteroatoms. The molecule has 0 bridgehead atoms. The number of hydrogen-bond acceptors (Lipinski definition) is 2. The van der Waals surface area contributed by atoms with E-state index in [-0.39, 0.29) is 6.79 Å². The molecular weight excluding hydrogens is 164 g/mol. The Hall–Kier alpha value is -1.18. The average Bonchev–Trinajstić information content (AvgIpc) is 2.70. The Labute approximate surface area is 81.6 Å². The maximum absolute atomic E-state index is 4.97. The molecule has 0 fully saturated rings. The van der Waals surface area contributed by atoms with Gasteiger partial charge in [-0.05, 0) is 12.2 Å². The van der Waals surface area contributed by atoms with E-state index in [9.17, 15) is 0 Å². The highest BCUT2D eigenvalue weighted by atomic mass is 16.7. The molecule has 0 aliphatic carbocycles. The van der Waals surface area contributed by atoms with Gasteiger partial charge in [-0.1, -0.05) is 40.9 Å². The second-order valence-electron chi connectivity index (χ2n) is 1.54. The third-order valence-electron chi connectivity index (χ3n) is 1.04. The maximum Gasteiger partial charge on any atom is 0.231 e. The summed E-state index contributed by atoms with van der Waals surface area (Å²) in [7, 11) is 0. The Morgan fingerprint density at radius 3 is 1.46 bits per heavy atom. The van der Waals surface area contributed by atoms with E-state index < -0.39 is 0 Å². The van der Waals surface area contributed by atoms with Crippen molar-refractivity contribution in [1.82, 2.24) is 0 Å². The van der Waals surface area contributed by atoms with E-state index in [1.807, 2.05) is 27.7 Å². The fourth-order valence-corrected chi connectivity index (χ4v) is 0.618. The fraction of sp³-hybridized carbons (Fsp3) is 0.455. The van der Waals surface area contributed by atoms with Crippen molar-refractivity contribution in [2.45, 2.75) is 27.7 Å². The van der Waals surface area contributed by atoms with Gasteiger partial charge in [-0.2, -0.15) is 0 Å². The predicted octanol–water partition coefficient (Wildman–Crippen LogP) is 3.63. The van der Waals surface area contributed by atoms with Crippen molar-refractivity contribution in [2.75, 3.05) is 6.79 Å². The standard InChI is InChI=1S/C7H8O2.2C2H6/c1-3-6-7(4-2)9-5-8-6;2*1-2/h3-4H,1-2,5H2;2*1-2H3. The van der Waals surface area contributed by atoms with Gasteiger partial charge in [0.2, 0.25) is 6.79 Å². The van der Waals surface area contributed by atoms with Crippen LogP contribution >= 0.6 is 0 Å². The molecule has 0 N–H and O–H groups in total. The fourth-order valence-electron chi connectivity index (χ4n) is 0.618. The van der Waals surface area contributed by atoms with Gasteiger partial charge in [0.1, 0.15) is 0 Å². The van der Waals surface area contributed by atoms with Crippen molar-refractivity contribution in [1.29, 1.82) is 0 Å². The van der Waals surface area contributed by atoms with Gasteiger partial charge >= 0.3 is 0 Å². The van der Waals surface area contributed by atoms with E-state index in [4.69, 9.17) is 9.47 Å². The lowest BCUT2D eigenvalue weighted by Crippen LogP contribution is -1.80. The first-order valence-corrected chi connectivity index (χ1v) is 4.63. The van der Waals surface area contributed by atoms with E-state index in [0.717, 1.165) is 0 Å². The Bertz CT molecular complexity index is 151. The summed E-state index contributed by atoms with van der Waals surface area (Å²) >= 11 is 0. The maximum atomic E-state index is 4.97. The molecule has 0 spiro atoms. The number of hydrogen-bond donors (Lipinski definition) is 0. The van der Waals surface area contributed by atoms with Crippen LogP contribution in [-0.2, 0) is 9.47 Å². The van der Waals surface area contributed by atoms with Crippen molar-refractivity contribution in [3.63, 3.8) is 0 Å². The summed E-state index contributed by atoms with van der Waals surface area (Å²) < 4.78 is 9.95. The van der Waals surface area contributed by atoms with E-state index in [0.29, 0.717) is 11.5 Å². The molecule has 0 radical (unpaired) electrons. The zero-order chi connectivity index (χ0) is 10.7. The summed E-state index contributed by atoms with van der Waals surface area (Å²) in [5, 5.41) is 0. The molecule has 2 nitrogen and oxygen atoms in total. The first-order valence-electron chi connectivity index (χ1n) is 4.63. The van der Waals surface area contributed by atoms with E-state index in [2.05, 4.69) is 13.2 Å². The van der Waals surface area contributed by atoms with Crippen LogP contribution < -0.4 is 0 Å². The molecule has 0 unspecified atom stereocenters. The second-order valence-corrected chi connectivity index (χ2v) is 1.54. The molecular formula is C11H20O2. The third-order valence-corrected chi connectivity index (χ3v) is 1.04. The minimum Gasteiger partial charge on any atom is -0.454 e. The summed E-state index contributed by atoms with van der Waals surface area (Å²) in [6.07, 6.45) is 3.20. The van der Waals surface area contributed by atoms with Gasteiger partial charge in [-0.25, -0.2) is 0 Å². The predicted molar refractivity (Wildman–Crippen MR) is 57.2 cm³/mol. The number of rotatable bonds is 2. The molecule has 0 atom stereocenters. The lowest BCUT2D eigenvalue weighted by molar-refractivity contribution is 0.0778. The van der Waals surface area contributed by atoms with Gasteiger partial charge in [0.25, 0.3) is 0 Å². The molecule has 1 aliphatic heterocycles. The smallest absolute Gasteiger partial charge is 0.231 e. The van der Waals surface area contributed by atoms with Gasteiger partial charge in [-0.15, -0.1) is 0 Å². The van der Waals surface area contributed by atoms with Gasteiger partial charge in [0, 0.05) is 0 Å². The molecule has 13 heavy (non-hydrogen) atoms. The van der Waals surface area contributed by atoms with Gasteiger partial charge in [0.05, 0.1) is 0 Å². The number of ether oxygens (including phenoxy) is 2. The number of allylic oxidation sites excluding steroid dienone is 2. The van der Waals surface area contributed by atoms with Crippen LogP contribution in [0.25, 0.3) is 0 Å². The molecule has 0 aromatic carbocycles. The van der Waals surface area contributed by atoms with Crippen LogP contribution in [0, 0.1) is 0 Å². The quantitative estimate of drug-likeness (QED) is 0.652. The first-order chi connectivity index (χ1) is 6.38. The lowest BCUT2D eigenvalue weighted by Gasteiger charge is -1.88. The highest BCUT2D eigenvalue weighted by Gasteiger charge is 2.09. The SMILES string of the molecule is C=CC1=C(C=C)OCO1.CC.CC. The minimum atomic E-state index is 0.280. The molecule has 0 amide bonds. The van der Waals surface area contributed by atoms with Crippen molar-refractivity contribution in [2.24, 2.45) is 0 Å². The van der Waals surface area contributed by atoms with E-state index >= 15 is 0 Å². The van der Waals surface area contributed by atoms with Crippen LogP contribution in [0.15, 0.2) is 36.8 Å². The first kappa shape index (κ1) is 14.3. The summed E-state index contributed by atoms with van der Waals surface area (Å²) in [4.78, 5) is 0. The van der Waals surface area contributed by atoms with Crippen LogP contribution in [0.3, 0.4) is 0 Å². The summed E-state index contributed by atoms with van der Waals surface area (Å²) in [6, 6.07) is 0. The van der Waals surface area contributed by atoms with Gasteiger partial charge in [-0.3, -0.25) is 0 Å². The van der Waals surface area contributed by atoms with Crippen LogP contribution in [0.5, 0.6) is 0 Å². The Balaban J connectivity index is 0. The van der Waals surface area contributed by atoms with Crippen LogP contribution in [0.4, 0.5) is 0 Å². The summed E-state index contributed by atoms with van der Waals surface area (Å²) in [5.74, 6) is 1.34. The zero-order valence-electron chi connectivity index (χ0n) is 9.09. The molecule has 1 heterocycles.